The van der Waals surface area contributed by atoms with E-state index in [1.165, 1.54) is 32.7 Å². The highest BCUT2D eigenvalue weighted by Gasteiger charge is 2.12. The van der Waals surface area contributed by atoms with Crippen molar-refractivity contribution in [2.75, 3.05) is 20.1 Å². The monoisotopic (exact) mass is 459 g/mol. The highest BCUT2D eigenvalue weighted by atomic mass is 35.5. The van der Waals surface area contributed by atoms with Crippen molar-refractivity contribution in [3.05, 3.63) is 58.5 Å². The molecule has 0 fully saturated rings. The first kappa shape index (κ1) is 22.7. The molecule has 0 unspecified atom stereocenters. The van der Waals surface area contributed by atoms with E-state index in [0.29, 0.717) is 11.0 Å². The summed E-state index contributed by atoms with van der Waals surface area (Å²) in [5, 5.41) is 3.90. The SMILES string of the molecule is CCN(C)CCc1cc(C)c(Oc2nc(-c3ccc4sccc4c3)ns2)cc1C.Cl. The molecule has 2 aromatic heterocycles. The van der Waals surface area contributed by atoms with E-state index < -0.39 is 0 Å². The van der Waals surface area contributed by atoms with Gasteiger partial charge in [-0.05, 0) is 91.6 Å². The van der Waals surface area contributed by atoms with Crippen molar-refractivity contribution in [1.29, 1.82) is 0 Å². The third-order valence-electron chi connectivity index (χ3n) is 5.25. The molecule has 0 atom stereocenters. The third-order valence-corrected chi connectivity index (χ3v) is 6.74. The molecule has 0 spiro atoms. The fourth-order valence-corrected chi connectivity index (χ4v) is 4.60. The first-order valence-electron chi connectivity index (χ1n) is 9.81. The summed E-state index contributed by atoms with van der Waals surface area (Å²) in [6.45, 7) is 8.55. The van der Waals surface area contributed by atoms with Gasteiger partial charge >= 0.3 is 0 Å². The van der Waals surface area contributed by atoms with Crippen LogP contribution >= 0.6 is 35.3 Å². The van der Waals surface area contributed by atoms with Gasteiger partial charge in [0.15, 0.2) is 5.82 Å². The van der Waals surface area contributed by atoms with Crippen LogP contribution in [-0.4, -0.2) is 34.4 Å². The summed E-state index contributed by atoms with van der Waals surface area (Å²) in [4.78, 5) is 6.94. The number of aromatic nitrogens is 2. The van der Waals surface area contributed by atoms with Crippen molar-refractivity contribution < 1.29 is 4.74 Å². The second-order valence-electron chi connectivity index (χ2n) is 7.35. The maximum absolute atomic E-state index is 6.10. The first-order valence-corrected chi connectivity index (χ1v) is 11.5. The smallest absolute Gasteiger partial charge is 0.299 e. The van der Waals surface area contributed by atoms with Gasteiger partial charge in [0, 0.05) is 28.3 Å². The maximum Gasteiger partial charge on any atom is 0.299 e. The number of hydrogen-bond acceptors (Lipinski definition) is 6. The van der Waals surface area contributed by atoms with Gasteiger partial charge in [-0.25, -0.2) is 0 Å². The number of ether oxygens (including phenoxy) is 1. The Kier molecular flexibility index (Phi) is 7.47. The van der Waals surface area contributed by atoms with E-state index in [9.17, 15) is 0 Å². The summed E-state index contributed by atoms with van der Waals surface area (Å²) in [5.41, 5.74) is 4.77. The number of fused-ring (bicyclic) bond motifs is 1. The largest absolute Gasteiger partial charge is 0.430 e. The number of rotatable bonds is 7. The Bertz CT molecular complexity index is 1140. The number of aryl methyl sites for hydroxylation is 2. The van der Waals surface area contributed by atoms with Crippen molar-refractivity contribution in [2.45, 2.75) is 27.2 Å². The Morgan fingerprint density at radius 2 is 1.90 bits per heavy atom. The highest BCUT2D eigenvalue weighted by Crippen LogP contribution is 2.32. The van der Waals surface area contributed by atoms with Crippen LogP contribution in [0.2, 0.25) is 0 Å². The molecule has 0 amide bonds. The van der Waals surface area contributed by atoms with Crippen LogP contribution in [0.15, 0.2) is 41.8 Å². The van der Waals surface area contributed by atoms with Gasteiger partial charge in [-0.15, -0.1) is 23.7 Å². The molecule has 0 saturated heterocycles. The van der Waals surface area contributed by atoms with Crippen LogP contribution < -0.4 is 4.74 Å². The van der Waals surface area contributed by atoms with E-state index in [1.807, 2.05) is 0 Å². The number of likely N-dealkylation sites (N-methyl/N-ethyl adjacent to an activating group) is 1. The molecular formula is C23H26ClN3OS2. The van der Waals surface area contributed by atoms with Gasteiger partial charge in [0.05, 0.1) is 0 Å². The van der Waals surface area contributed by atoms with E-state index in [2.05, 4.69) is 83.9 Å². The van der Waals surface area contributed by atoms with Crippen LogP contribution in [-0.2, 0) is 6.42 Å². The van der Waals surface area contributed by atoms with E-state index >= 15 is 0 Å². The van der Waals surface area contributed by atoms with Gasteiger partial charge < -0.3 is 9.64 Å². The molecule has 158 valence electrons. The van der Waals surface area contributed by atoms with Gasteiger partial charge in [0.25, 0.3) is 5.19 Å². The molecule has 0 aliphatic heterocycles. The summed E-state index contributed by atoms with van der Waals surface area (Å²) < 4.78 is 11.9. The van der Waals surface area contributed by atoms with E-state index in [1.54, 1.807) is 11.3 Å². The summed E-state index contributed by atoms with van der Waals surface area (Å²) in [5.74, 6) is 1.57. The lowest BCUT2D eigenvalue weighted by molar-refractivity contribution is 0.357. The number of benzene rings is 2. The van der Waals surface area contributed by atoms with Gasteiger partial charge in [-0.2, -0.15) is 9.36 Å². The number of thiophene rings is 1. The molecule has 4 nitrogen and oxygen atoms in total. The van der Waals surface area contributed by atoms with Crippen molar-refractivity contribution in [3.63, 3.8) is 0 Å². The van der Waals surface area contributed by atoms with Crippen LogP contribution in [0.4, 0.5) is 0 Å². The van der Waals surface area contributed by atoms with Crippen molar-refractivity contribution in [3.8, 4) is 22.3 Å². The van der Waals surface area contributed by atoms with E-state index in [0.717, 1.165) is 36.4 Å². The Labute approximate surface area is 192 Å². The van der Waals surface area contributed by atoms with Crippen LogP contribution in [0.3, 0.4) is 0 Å². The first-order chi connectivity index (χ1) is 14.0. The molecular weight excluding hydrogens is 434 g/mol. The average Bonchev–Trinajstić information content (AvgIpc) is 3.37. The third kappa shape index (κ3) is 5.01. The fourth-order valence-electron chi connectivity index (χ4n) is 3.27. The van der Waals surface area contributed by atoms with Crippen LogP contribution in [0.5, 0.6) is 10.9 Å². The molecule has 0 radical (unpaired) electrons. The second-order valence-corrected chi connectivity index (χ2v) is 9.01. The normalized spacial score (nSPS) is 11.1. The zero-order valence-corrected chi connectivity index (χ0v) is 20.1. The predicted octanol–water partition coefficient (Wildman–Crippen LogP) is 6.74. The van der Waals surface area contributed by atoms with E-state index in [4.69, 9.17) is 4.74 Å². The summed E-state index contributed by atoms with van der Waals surface area (Å²) >= 11 is 3.04. The molecule has 2 heterocycles. The number of nitrogens with zero attached hydrogens (tertiary/aromatic N) is 3. The minimum Gasteiger partial charge on any atom is -0.430 e. The molecule has 0 N–H and O–H groups in total. The van der Waals surface area contributed by atoms with Crippen LogP contribution in [0.1, 0.15) is 23.6 Å². The quantitative estimate of drug-likeness (QED) is 0.306. The number of halogens is 1. The summed E-state index contributed by atoms with van der Waals surface area (Å²) in [6.07, 6.45) is 1.05. The lowest BCUT2D eigenvalue weighted by atomic mass is 10.0. The minimum absolute atomic E-state index is 0. The molecule has 0 aliphatic rings. The van der Waals surface area contributed by atoms with Crippen molar-refractivity contribution >= 4 is 45.4 Å². The van der Waals surface area contributed by atoms with Crippen LogP contribution in [0, 0.1) is 13.8 Å². The minimum atomic E-state index is 0. The zero-order chi connectivity index (χ0) is 20.4. The molecule has 30 heavy (non-hydrogen) atoms. The van der Waals surface area contributed by atoms with Crippen LogP contribution in [0.25, 0.3) is 21.5 Å². The van der Waals surface area contributed by atoms with Crippen molar-refractivity contribution in [1.82, 2.24) is 14.3 Å². The molecule has 2 aromatic carbocycles. The molecule has 0 aliphatic carbocycles. The lowest BCUT2D eigenvalue weighted by Gasteiger charge is -2.16. The Morgan fingerprint density at radius 1 is 1.07 bits per heavy atom. The summed E-state index contributed by atoms with van der Waals surface area (Å²) in [7, 11) is 2.16. The van der Waals surface area contributed by atoms with E-state index in [-0.39, 0.29) is 12.4 Å². The average molecular weight is 460 g/mol. The topological polar surface area (TPSA) is 38.2 Å². The van der Waals surface area contributed by atoms with Gasteiger partial charge in [0.2, 0.25) is 0 Å². The standard InChI is InChI=1S/C23H25N3OS2.ClH/c1-5-26(4)10-8-17-12-16(3)20(13-15(17)2)27-23-24-22(25-29-23)19-6-7-21-18(14-19)9-11-28-21;/h6-7,9,11-14H,5,8,10H2,1-4H3;1H. The van der Waals surface area contributed by atoms with Gasteiger partial charge in [-0.1, -0.05) is 13.0 Å². The fraction of sp³-hybridized carbons (Fsp3) is 0.304. The van der Waals surface area contributed by atoms with Gasteiger partial charge in [-0.3, -0.25) is 0 Å². The van der Waals surface area contributed by atoms with Gasteiger partial charge in [0.1, 0.15) is 5.75 Å². The second kappa shape index (κ2) is 9.88. The Morgan fingerprint density at radius 3 is 2.70 bits per heavy atom. The Balaban J connectivity index is 0.00000256. The maximum atomic E-state index is 6.10. The zero-order valence-electron chi connectivity index (χ0n) is 17.6. The Hall–Kier alpha value is -1.99. The lowest BCUT2D eigenvalue weighted by Crippen LogP contribution is -2.20. The molecule has 4 rings (SSSR count). The summed E-state index contributed by atoms with van der Waals surface area (Å²) in [6, 6.07) is 12.8. The number of hydrogen-bond donors (Lipinski definition) is 0. The van der Waals surface area contributed by atoms with Crippen molar-refractivity contribution in [2.24, 2.45) is 0 Å². The highest BCUT2D eigenvalue weighted by molar-refractivity contribution is 7.17. The molecule has 0 bridgehead atoms. The molecule has 4 aromatic rings. The molecule has 0 saturated carbocycles. The molecule has 7 heteroatoms. The predicted molar refractivity (Wildman–Crippen MR) is 131 cm³/mol.